The van der Waals surface area contributed by atoms with Crippen LogP contribution in [0.3, 0.4) is 0 Å². The Morgan fingerprint density at radius 2 is 2.30 bits per heavy atom. The Balaban J connectivity index is 3.25. The summed E-state index contributed by atoms with van der Waals surface area (Å²) < 4.78 is 12.9. The van der Waals surface area contributed by atoms with Crippen molar-refractivity contribution in [3.63, 3.8) is 0 Å². The Morgan fingerprint density at radius 1 is 1.60 bits per heavy atom. The quantitative estimate of drug-likeness (QED) is 0.600. The minimum Gasteiger partial charge on any atom is -0.227 e. The molecule has 1 heterocycles. The average Bonchev–Trinajstić information content (AvgIpc) is 1.94. The molecule has 1 rings (SSSR count). The summed E-state index contributed by atoms with van der Waals surface area (Å²) in [7, 11) is 0. The Kier molecular flexibility index (Phi) is 1.97. The maximum atomic E-state index is 12.5. The van der Waals surface area contributed by atoms with Gasteiger partial charge in [0.15, 0.2) is 11.5 Å². The molecule has 0 aliphatic rings. The molecule has 0 aromatic carbocycles. The van der Waals surface area contributed by atoms with Crippen molar-refractivity contribution in [2.45, 2.75) is 0 Å². The van der Waals surface area contributed by atoms with Crippen LogP contribution in [0, 0.1) is 17.1 Å². The first-order valence-corrected chi connectivity index (χ1v) is 3.25. The van der Waals surface area contributed by atoms with Crippen molar-refractivity contribution in [3.8, 4) is 6.07 Å². The van der Waals surface area contributed by atoms with E-state index in [9.17, 15) is 4.39 Å². The van der Waals surface area contributed by atoms with Crippen molar-refractivity contribution in [2.24, 2.45) is 0 Å². The molecular formula is C6H2BrFN2. The third-order valence-corrected chi connectivity index (χ3v) is 1.36. The van der Waals surface area contributed by atoms with E-state index in [1.54, 1.807) is 6.07 Å². The molecule has 0 unspecified atom stereocenters. The van der Waals surface area contributed by atoms with Crippen LogP contribution in [0.5, 0.6) is 0 Å². The Hall–Kier alpha value is -0.950. The number of aromatic nitrogens is 1. The van der Waals surface area contributed by atoms with Gasteiger partial charge in [0.2, 0.25) is 0 Å². The molecule has 10 heavy (non-hydrogen) atoms. The molecule has 0 aliphatic heterocycles. The second-order valence-electron chi connectivity index (χ2n) is 1.58. The maximum absolute atomic E-state index is 12.5. The summed E-state index contributed by atoms with van der Waals surface area (Å²) in [6.07, 6.45) is 0. The number of nitrogens with zero attached hydrogens (tertiary/aromatic N) is 2. The van der Waals surface area contributed by atoms with Crippen molar-refractivity contribution in [1.82, 2.24) is 4.98 Å². The number of pyridine rings is 1. The van der Waals surface area contributed by atoms with Gasteiger partial charge in [-0.2, -0.15) is 5.26 Å². The molecule has 0 N–H and O–H groups in total. The molecular weight excluding hydrogens is 199 g/mol. The minimum atomic E-state index is -0.592. The van der Waals surface area contributed by atoms with Gasteiger partial charge < -0.3 is 0 Å². The Labute approximate surface area is 65.4 Å². The normalized spacial score (nSPS) is 8.90. The zero-order chi connectivity index (χ0) is 7.56. The van der Waals surface area contributed by atoms with Crippen LogP contribution in [0.25, 0.3) is 0 Å². The number of nitriles is 1. The summed E-state index contributed by atoms with van der Waals surface area (Å²) in [6.45, 7) is 0. The monoisotopic (exact) mass is 200 g/mol. The first-order chi connectivity index (χ1) is 4.74. The van der Waals surface area contributed by atoms with Gasteiger partial charge in [0.25, 0.3) is 0 Å². The summed E-state index contributed by atoms with van der Waals surface area (Å²) in [5.41, 5.74) is -0.186. The number of hydrogen-bond acceptors (Lipinski definition) is 2. The summed E-state index contributed by atoms with van der Waals surface area (Å²) in [5.74, 6) is -0.592. The van der Waals surface area contributed by atoms with Crippen molar-refractivity contribution >= 4 is 15.9 Å². The molecule has 0 saturated heterocycles. The van der Waals surface area contributed by atoms with E-state index in [-0.39, 0.29) is 5.69 Å². The van der Waals surface area contributed by atoms with Crippen molar-refractivity contribution < 1.29 is 4.39 Å². The molecule has 1 aromatic heterocycles. The van der Waals surface area contributed by atoms with E-state index in [1.165, 1.54) is 12.1 Å². The predicted octanol–water partition coefficient (Wildman–Crippen LogP) is 1.85. The fourth-order valence-electron chi connectivity index (χ4n) is 0.497. The highest BCUT2D eigenvalue weighted by molar-refractivity contribution is 9.10. The van der Waals surface area contributed by atoms with Crippen molar-refractivity contribution in [2.75, 3.05) is 0 Å². The smallest absolute Gasteiger partial charge is 0.177 e. The number of hydrogen-bond donors (Lipinski definition) is 0. The van der Waals surface area contributed by atoms with Gasteiger partial charge in [-0.3, -0.25) is 0 Å². The first-order valence-electron chi connectivity index (χ1n) is 2.46. The fourth-order valence-corrected chi connectivity index (χ4v) is 0.806. The van der Waals surface area contributed by atoms with Gasteiger partial charge in [0, 0.05) is 0 Å². The lowest BCUT2D eigenvalue weighted by Crippen LogP contribution is -1.87. The van der Waals surface area contributed by atoms with Gasteiger partial charge in [-0.05, 0) is 28.1 Å². The molecule has 0 fully saturated rings. The van der Waals surface area contributed by atoms with Crippen molar-refractivity contribution in [1.29, 1.82) is 5.26 Å². The Bertz CT molecular complexity index is 292. The van der Waals surface area contributed by atoms with Gasteiger partial charge in [-0.1, -0.05) is 0 Å². The lowest BCUT2D eigenvalue weighted by atomic mass is 10.4. The van der Waals surface area contributed by atoms with Crippen LogP contribution in [0.15, 0.2) is 16.7 Å². The molecule has 0 amide bonds. The zero-order valence-electron chi connectivity index (χ0n) is 4.81. The van der Waals surface area contributed by atoms with Crippen LogP contribution < -0.4 is 0 Å². The van der Waals surface area contributed by atoms with E-state index >= 15 is 0 Å². The summed E-state index contributed by atoms with van der Waals surface area (Å²) in [6, 6.07) is 4.25. The standard InChI is InChI=1S/C6H2BrFN2/c7-6-2-1-4(8)5(3-9)10-6/h1-2H. The predicted molar refractivity (Wildman–Crippen MR) is 36.6 cm³/mol. The highest BCUT2D eigenvalue weighted by atomic mass is 79.9. The topological polar surface area (TPSA) is 36.7 Å². The van der Waals surface area contributed by atoms with Crippen LogP contribution in [-0.4, -0.2) is 4.98 Å². The van der Waals surface area contributed by atoms with Gasteiger partial charge in [0.05, 0.1) is 0 Å². The lowest BCUT2D eigenvalue weighted by Gasteiger charge is -1.90. The minimum absolute atomic E-state index is 0.186. The zero-order valence-corrected chi connectivity index (χ0v) is 6.39. The highest BCUT2D eigenvalue weighted by Gasteiger charge is 2.00. The van der Waals surface area contributed by atoms with Gasteiger partial charge in [-0.15, -0.1) is 0 Å². The molecule has 0 bridgehead atoms. The van der Waals surface area contributed by atoms with Gasteiger partial charge >= 0.3 is 0 Å². The molecule has 0 spiro atoms. The molecule has 0 atom stereocenters. The number of rotatable bonds is 0. The molecule has 2 nitrogen and oxygen atoms in total. The summed E-state index contributed by atoms with van der Waals surface area (Å²) >= 11 is 3.01. The summed E-state index contributed by atoms with van der Waals surface area (Å²) in [5, 5.41) is 8.27. The van der Waals surface area contributed by atoms with E-state index in [4.69, 9.17) is 5.26 Å². The largest absolute Gasteiger partial charge is 0.227 e. The molecule has 1 aromatic rings. The van der Waals surface area contributed by atoms with Crippen LogP contribution in [0.1, 0.15) is 5.69 Å². The van der Waals surface area contributed by atoms with E-state index < -0.39 is 5.82 Å². The first kappa shape index (κ1) is 7.16. The van der Waals surface area contributed by atoms with E-state index in [1.807, 2.05) is 0 Å². The average molecular weight is 201 g/mol. The SMILES string of the molecule is N#Cc1nc(Br)ccc1F. The van der Waals surface area contributed by atoms with E-state index in [0.717, 1.165) is 0 Å². The molecule has 0 saturated carbocycles. The number of halogens is 2. The second kappa shape index (κ2) is 2.76. The third-order valence-electron chi connectivity index (χ3n) is 0.918. The molecule has 4 heteroatoms. The fraction of sp³-hybridized carbons (Fsp3) is 0. The van der Waals surface area contributed by atoms with E-state index in [2.05, 4.69) is 20.9 Å². The highest BCUT2D eigenvalue weighted by Crippen LogP contribution is 2.09. The maximum Gasteiger partial charge on any atom is 0.177 e. The third kappa shape index (κ3) is 1.31. The summed E-state index contributed by atoms with van der Waals surface area (Å²) in [4.78, 5) is 3.57. The van der Waals surface area contributed by atoms with E-state index in [0.29, 0.717) is 4.60 Å². The Morgan fingerprint density at radius 3 is 2.80 bits per heavy atom. The van der Waals surface area contributed by atoms with Crippen LogP contribution in [0.2, 0.25) is 0 Å². The van der Waals surface area contributed by atoms with Gasteiger partial charge in [0.1, 0.15) is 10.7 Å². The molecule has 0 aliphatic carbocycles. The van der Waals surface area contributed by atoms with Crippen LogP contribution in [-0.2, 0) is 0 Å². The molecule has 50 valence electrons. The van der Waals surface area contributed by atoms with Crippen LogP contribution >= 0.6 is 15.9 Å². The van der Waals surface area contributed by atoms with Crippen LogP contribution in [0.4, 0.5) is 4.39 Å². The molecule has 0 radical (unpaired) electrons. The van der Waals surface area contributed by atoms with Gasteiger partial charge in [-0.25, -0.2) is 9.37 Å². The van der Waals surface area contributed by atoms with Crippen molar-refractivity contribution in [3.05, 3.63) is 28.2 Å². The lowest BCUT2D eigenvalue weighted by molar-refractivity contribution is 0.615. The second-order valence-corrected chi connectivity index (χ2v) is 2.39.